The molecule has 2 aromatic rings. The highest BCUT2D eigenvalue weighted by molar-refractivity contribution is 7.89. The minimum atomic E-state index is -3.63. The van der Waals surface area contributed by atoms with Gasteiger partial charge in [0.2, 0.25) is 10.0 Å². The zero-order valence-electron chi connectivity index (χ0n) is 10.5. The highest BCUT2D eigenvalue weighted by atomic mass is 32.2. The van der Waals surface area contributed by atoms with Crippen LogP contribution >= 0.6 is 0 Å². The number of benzene rings is 1. The molecule has 5 nitrogen and oxygen atoms in total. The molecule has 0 spiro atoms. The number of rotatable bonds is 5. The largest absolute Gasteiger partial charge is 0.469 e. The van der Waals surface area contributed by atoms with Crippen molar-refractivity contribution < 1.29 is 12.8 Å². The Hall–Kier alpha value is -1.79. The zero-order chi connectivity index (χ0) is 13.9. The van der Waals surface area contributed by atoms with Crippen LogP contribution in [0.1, 0.15) is 12.7 Å². The maximum Gasteiger partial charge on any atom is 0.238 e. The molecule has 0 radical (unpaired) electrons. The molecule has 0 aliphatic rings. The van der Waals surface area contributed by atoms with Crippen molar-refractivity contribution in [3.05, 3.63) is 48.4 Å². The second kappa shape index (κ2) is 5.46. The molecule has 0 fully saturated rings. The number of hydrogen-bond acceptors (Lipinski definition) is 4. The highest BCUT2D eigenvalue weighted by Gasteiger charge is 2.08. The van der Waals surface area contributed by atoms with Gasteiger partial charge in [0.15, 0.2) is 0 Å². The van der Waals surface area contributed by atoms with Gasteiger partial charge < -0.3 is 9.73 Å². The predicted molar refractivity (Wildman–Crippen MR) is 73.3 cm³/mol. The Kier molecular flexibility index (Phi) is 3.92. The van der Waals surface area contributed by atoms with Gasteiger partial charge in [0.1, 0.15) is 5.76 Å². The van der Waals surface area contributed by atoms with Crippen LogP contribution in [0, 0.1) is 0 Å². The summed E-state index contributed by atoms with van der Waals surface area (Å²) >= 11 is 0. The summed E-state index contributed by atoms with van der Waals surface area (Å²) in [7, 11) is -3.63. The third-order valence-electron chi connectivity index (χ3n) is 2.68. The first-order valence-electron chi connectivity index (χ1n) is 5.87. The zero-order valence-corrected chi connectivity index (χ0v) is 11.4. The van der Waals surface area contributed by atoms with E-state index in [1.165, 1.54) is 12.1 Å². The van der Waals surface area contributed by atoms with Gasteiger partial charge in [-0.25, -0.2) is 13.6 Å². The fraction of sp³-hybridized carbons (Fsp3) is 0.231. The SMILES string of the molecule is CC(Cc1ccco1)Nc1ccc(S(N)(=O)=O)cc1. The molecule has 0 aliphatic heterocycles. The lowest BCUT2D eigenvalue weighted by atomic mass is 10.2. The van der Waals surface area contributed by atoms with Crippen molar-refractivity contribution in [3.8, 4) is 0 Å². The maximum atomic E-state index is 11.1. The molecule has 1 unspecified atom stereocenters. The third kappa shape index (κ3) is 3.84. The number of hydrogen-bond donors (Lipinski definition) is 2. The Morgan fingerprint density at radius 1 is 1.26 bits per heavy atom. The van der Waals surface area contributed by atoms with Crippen LogP contribution in [0.4, 0.5) is 5.69 Å². The minimum absolute atomic E-state index is 0.108. The summed E-state index contributed by atoms with van der Waals surface area (Å²) < 4.78 is 27.5. The van der Waals surface area contributed by atoms with Crippen molar-refractivity contribution in [1.82, 2.24) is 0 Å². The maximum absolute atomic E-state index is 11.1. The minimum Gasteiger partial charge on any atom is -0.469 e. The van der Waals surface area contributed by atoms with Gasteiger partial charge >= 0.3 is 0 Å². The van der Waals surface area contributed by atoms with Gasteiger partial charge in [0.25, 0.3) is 0 Å². The summed E-state index contributed by atoms with van der Waals surface area (Å²) in [5.41, 5.74) is 0.839. The lowest BCUT2D eigenvalue weighted by molar-refractivity contribution is 0.498. The summed E-state index contributed by atoms with van der Waals surface area (Å²) in [6.07, 6.45) is 2.40. The molecule has 1 heterocycles. The van der Waals surface area contributed by atoms with E-state index >= 15 is 0 Å². The van der Waals surface area contributed by atoms with E-state index in [2.05, 4.69) is 5.32 Å². The number of sulfonamides is 1. The van der Waals surface area contributed by atoms with Gasteiger partial charge in [-0.1, -0.05) is 0 Å². The Bertz CT molecular complexity index is 618. The van der Waals surface area contributed by atoms with Gasteiger partial charge in [-0.05, 0) is 43.3 Å². The molecule has 0 bridgehead atoms. The van der Waals surface area contributed by atoms with Crippen molar-refractivity contribution in [2.45, 2.75) is 24.3 Å². The highest BCUT2D eigenvalue weighted by Crippen LogP contribution is 2.15. The topological polar surface area (TPSA) is 85.3 Å². The van der Waals surface area contributed by atoms with Gasteiger partial charge in [0.05, 0.1) is 11.2 Å². The van der Waals surface area contributed by atoms with Crippen molar-refractivity contribution in [2.24, 2.45) is 5.14 Å². The third-order valence-corrected chi connectivity index (χ3v) is 3.61. The molecule has 0 saturated heterocycles. The summed E-state index contributed by atoms with van der Waals surface area (Å²) in [5, 5.41) is 8.30. The Balaban J connectivity index is 1.99. The second-order valence-electron chi connectivity index (χ2n) is 4.40. The van der Waals surface area contributed by atoms with Crippen LogP contribution in [-0.4, -0.2) is 14.5 Å². The summed E-state index contributed by atoms with van der Waals surface area (Å²) in [6.45, 7) is 2.02. The average molecular weight is 280 g/mol. The van der Waals surface area contributed by atoms with Gasteiger partial charge in [-0.15, -0.1) is 0 Å². The molecule has 102 valence electrons. The average Bonchev–Trinajstić information content (AvgIpc) is 2.81. The van der Waals surface area contributed by atoms with Crippen LogP contribution < -0.4 is 10.5 Å². The molecule has 1 aromatic heterocycles. The van der Waals surface area contributed by atoms with E-state index < -0.39 is 10.0 Å². The molecule has 3 N–H and O–H groups in total. The van der Waals surface area contributed by atoms with Crippen LogP contribution in [-0.2, 0) is 16.4 Å². The van der Waals surface area contributed by atoms with E-state index in [9.17, 15) is 8.42 Å². The molecule has 1 aromatic carbocycles. The number of primary sulfonamides is 1. The molecular formula is C13H16N2O3S. The first kappa shape index (κ1) is 13.6. The summed E-state index contributed by atoms with van der Waals surface area (Å²) in [6, 6.07) is 10.3. The number of nitrogens with one attached hydrogen (secondary N) is 1. The molecule has 0 amide bonds. The van der Waals surface area contributed by atoms with Crippen LogP contribution in [0.5, 0.6) is 0 Å². The quantitative estimate of drug-likeness (QED) is 0.876. The molecule has 19 heavy (non-hydrogen) atoms. The Morgan fingerprint density at radius 3 is 2.47 bits per heavy atom. The fourth-order valence-electron chi connectivity index (χ4n) is 1.81. The molecule has 1 atom stereocenters. The van der Waals surface area contributed by atoms with Crippen molar-refractivity contribution in [3.63, 3.8) is 0 Å². The van der Waals surface area contributed by atoms with Crippen LogP contribution in [0.15, 0.2) is 52.0 Å². The summed E-state index contributed by atoms with van der Waals surface area (Å²) in [4.78, 5) is 0.108. The fourth-order valence-corrected chi connectivity index (χ4v) is 2.32. The van der Waals surface area contributed by atoms with Crippen molar-refractivity contribution >= 4 is 15.7 Å². The van der Waals surface area contributed by atoms with E-state index in [1.807, 2.05) is 19.1 Å². The molecule has 6 heteroatoms. The standard InChI is InChI=1S/C13H16N2O3S/c1-10(9-12-3-2-8-18-12)15-11-4-6-13(7-5-11)19(14,16)17/h2-8,10,15H,9H2,1H3,(H2,14,16,17). The van der Waals surface area contributed by atoms with E-state index in [4.69, 9.17) is 9.56 Å². The predicted octanol–water partition coefficient (Wildman–Crippen LogP) is 1.97. The van der Waals surface area contributed by atoms with Crippen molar-refractivity contribution in [2.75, 3.05) is 5.32 Å². The van der Waals surface area contributed by atoms with E-state index in [0.717, 1.165) is 17.9 Å². The monoisotopic (exact) mass is 280 g/mol. The molecular weight excluding hydrogens is 264 g/mol. The first-order chi connectivity index (χ1) is 8.95. The Labute approximate surface area is 112 Å². The number of nitrogens with two attached hydrogens (primary N) is 1. The summed E-state index contributed by atoms with van der Waals surface area (Å²) in [5.74, 6) is 0.904. The van der Waals surface area contributed by atoms with Crippen LogP contribution in [0.25, 0.3) is 0 Å². The smallest absolute Gasteiger partial charge is 0.238 e. The lowest BCUT2D eigenvalue weighted by Gasteiger charge is -2.14. The van der Waals surface area contributed by atoms with Crippen molar-refractivity contribution in [1.29, 1.82) is 0 Å². The number of furan rings is 1. The normalized spacial score (nSPS) is 13.2. The van der Waals surface area contributed by atoms with E-state index in [-0.39, 0.29) is 10.9 Å². The second-order valence-corrected chi connectivity index (χ2v) is 5.96. The molecule has 0 saturated carbocycles. The van der Waals surface area contributed by atoms with Crippen LogP contribution in [0.2, 0.25) is 0 Å². The van der Waals surface area contributed by atoms with Gasteiger partial charge in [0, 0.05) is 18.2 Å². The molecule has 2 rings (SSSR count). The molecule has 0 aliphatic carbocycles. The van der Waals surface area contributed by atoms with Crippen LogP contribution in [0.3, 0.4) is 0 Å². The van der Waals surface area contributed by atoms with Gasteiger partial charge in [-0.2, -0.15) is 0 Å². The van der Waals surface area contributed by atoms with E-state index in [1.54, 1.807) is 18.4 Å². The number of anilines is 1. The lowest BCUT2D eigenvalue weighted by Crippen LogP contribution is -2.18. The Morgan fingerprint density at radius 2 is 1.95 bits per heavy atom. The first-order valence-corrected chi connectivity index (χ1v) is 7.41. The van der Waals surface area contributed by atoms with E-state index in [0.29, 0.717) is 0 Å². The van der Waals surface area contributed by atoms with Gasteiger partial charge in [-0.3, -0.25) is 0 Å².